The first kappa shape index (κ1) is 14.6. The molecule has 110 valence electrons. The highest BCUT2D eigenvalue weighted by Gasteiger charge is 2.32. The quantitative estimate of drug-likeness (QED) is 0.808. The number of hydrogen-bond donors (Lipinski definition) is 0. The second kappa shape index (κ2) is 6.18. The standard InChI is InChI=1S/C16H16ClNO2S/c1-20-16(19)15(12-4-2-3-5-13(12)17)18-8-6-11-7-9-21-14(11)10-18/h2-5,7,9,15H,6,8,10H2,1H3/t15-/m0/s1. The summed E-state index contributed by atoms with van der Waals surface area (Å²) < 4.78 is 5.01. The number of rotatable bonds is 3. The van der Waals surface area contributed by atoms with Crippen molar-refractivity contribution in [3.05, 3.63) is 56.7 Å². The molecule has 1 aliphatic heterocycles. The van der Waals surface area contributed by atoms with E-state index in [1.807, 2.05) is 24.3 Å². The second-order valence-corrected chi connectivity index (χ2v) is 6.44. The zero-order chi connectivity index (χ0) is 14.8. The van der Waals surface area contributed by atoms with E-state index in [1.54, 1.807) is 11.3 Å². The molecule has 0 aliphatic carbocycles. The van der Waals surface area contributed by atoms with Gasteiger partial charge in [0, 0.05) is 23.0 Å². The van der Waals surface area contributed by atoms with E-state index in [-0.39, 0.29) is 5.97 Å². The zero-order valence-electron chi connectivity index (χ0n) is 11.7. The molecule has 1 atom stereocenters. The molecule has 3 rings (SSSR count). The van der Waals surface area contributed by atoms with Gasteiger partial charge in [0.1, 0.15) is 6.04 Å². The lowest BCUT2D eigenvalue weighted by Crippen LogP contribution is -2.38. The first-order chi connectivity index (χ1) is 10.2. The molecule has 0 amide bonds. The Morgan fingerprint density at radius 3 is 2.95 bits per heavy atom. The highest BCUT2D eigenvalue weighted by Crippen LogP contribution is 2.34. The van der Waals surface area contributed by atoms with Gasteiger partial charge in [-0.05, 0) is 35.1 Å². The summed E-state index contributed by atoms with van der Waals surface area (Å²) >= 11 is 8.02. The van der Waals surface area contributed by atoms with E-state index >= 15 is 0 Å². The van der Waals surface area contributed by atoms with Crippen LogP contribution in [-0.4, -0.2) is 24.5 Å². The Labute approximate surface area is 133 Å². The van der Waals surface area contributed by atoms with Crippen LogP contribution in [0.15, 0.2) is 35.7 Å². The van der Waals surface area contributed by atoms with Gasteiger partial charge < -0.3 is 4.74 Å². The first-order valence-electron chi connectivity index (χ1n) is 6.82. The van der Waals surface area contributed by atoms with Crippen LogP contribution in [0.2, 0.25) is 5.02 Å². The molecule has 0 spiro atoms. The van der Waals surface area contributed by atoms with Gasteiger partial charge in [-0.15, -0.1) is 11.3 Å². The number of methoxy groups -OCH3 is 1. The van der Waals surface area contributed by atoms with Gasteiger partial charge in [0.15, 0.2) is 0 Å². The van der Waals surface area contributed by atoms with Gasteiger partial charge in [-0.1, -0.05) is 29.8 Å². The van der Waals surface area contributed by atoms with Gasteiger partial charge in [-0.25, -0.2) is 4.79 Å². The molecular formula is C16H16ClNO2S. The molecule has 1 aromatic carbocycles. The Morgan fingerprint density at radius 2 is 2.19 bits per heavy atom. The molecule has 1 aliphatic rings. The van der Waals surface area contributed by atoms with Crippen LogP contribution in [0.1, 0.15) is 22.0 Å². The van der Waals surface area contributed by atoms with E-state index in [0.717, 1.165) is 25.1 Å². The van der Waals surface area contributed by atoms with Gasteiger partial charge >= 0.3 is 5.97 Å². The number of thiophene rings is 1. The Kier molecular flexibility index (Phi) is 4.29. The minimum Gasteiger partial charge on any atom is -0.468 e. The van der Waals surface area contributed by atoms with Gasteiger partial charge in [-0.3, -0.25) is 4.90 Å². The average Bonchev–Trinajstić information content (AvgIpc) is 2.97. The normalized spacial score (nSPS) is 16.3. The molecule has 0 unspecified atom stereocenters. The van der Waals surface area contributed by atoms with Crippen molar-refractivity contribution >= 4 is 28.9 Å². The minimum absolute atomic E-state index is 0.261. The van der Waals surface area contributed by atoms with Gasteiger partial charge in [0.2, 0.25) is 0 Å². The summed E-state index contributed by atoms with van der Waals surface area (Å²) in [7, 11) is 1.42. The molecule has 0 bridgehead atoms. The number of benzene rings is 1. The number of esters is 1. The molecule has 0 N–H and O–H groups in total. The molecule has 3 nitrogen and oxygen atoms in total. The maximum atomic E-state index is 12.3. The van der Waals surface area contributed by atoms with E-state index in [4.69, 9.17) is 16.3 Å². The van der Waals surface area contributed by atoms with Crippen molar-refractivity contribution < 1.29 is 9.53 Å². The van der Waals surface area contributed by atoms with E-state index in [1.165, 1.54) is 17.6 Å². The number of fused-ring (bicyclic) bond motifs is 1. The molecule has 0 radical (unpaired) electrons. The summed E-state index contributed by atoms with van der Waals surface area (Å²) in [5.41, 5.74) is 2.20. The Hall–Kier alpha value is -1.36. The molecule has 2 heterocycles. The monoisotopic (exact) mass is 321 g/mol. The summed E-state index contributed by atoms with van der Waals surface area (Å²) in [6, 6.07) is 9.20. The number of hydrogen-bond acceptors (Lipinski definition) is 4. The number of carbonyl (C=O) groups is 1. The number of halogens is 1. The number of carbonyl (C=O) groups excluding carboxylic acids is 1. The third-order valence-electron chi connectivity index (χ3n) is 3.84. The number of ether oxygens (including phenoxy) is 1. The van der Waals surface area contributed by atoms with Gasteiger partial charge in [0.25, 0.3) is 0 Å². The average molecular weight is 322 g/mol. The largest absolute Gasteiger partial charge is 0.468 e. The predicted octanol–water partition coefficient (Wildman–Crippen LogP) is 3.67. The summed E-state index contributed by atoms with van der Waals surface area (Å²) in [5, 5.41) is 2.71. The van der Waals surface area contributed by atoms with E-state index in [9.17, 15) is 4.79 Å². The highest BCUT2D eigenvalue weighted by molar-refractivity contribution is 7.10. The Balaban J connectivity index is 1.94. The fourth-order valence-corrected chi connectivity index (χ4v) is 3.96. The van der Waals surface area contributed by atoms with Crippen LogP contribution in [0.25, 0.3) is 0 Å². The van der Waals surface area contributed by atoms with E-state index in [0.29, 0.717) is 5.02 Å². The second-order valence-electron chi connectivity index (χ2n) is 5.04. The lowest BCUT2D eigenvalue weighted by atomic mass is 10.0. The maximum absolute atomic E-state index is 12.3. The van der Waals surface area contributed by atoms with Crippen molar-refractivity contribution in [2.75, 3.05) is 13.7 Å². The Bertz CT molecular complexity index is 655. The fraction of sp³-hybridized carbons (Fsp3) is 0.312. The Morgan fingerprint density at radius 1 is 1.38 bits per heavy atom. The summed E-state index contributed by atoms with van der Waals surface area (Å²) in [6.07, 6.45) is 0.955. The molecule has 0 saturated heterocycles. The molecular weight excluding hydrogens is 306 g/mol. The van der Waals surface area contributed by atoms with Crippen molar-refractivity contribution in [1.29, 1.82) is 0 Å². The van der Waals surface area contributed by atoms with E-state index < -0.39 is 6.04 Å². The van der Waals surface area contributed by atoms with Crippen molar-refractivity contribution in [3.8, 4) is 0 Å². The van der Waals surface area contributed by atoms with Crippen LogP contribution in [0.4, 0.5) is 0 Å². The maximum Gasteiger partial charge on any atom is 0.327 e. The summed E-state index contributed by atoms with van der Waals surface area (Å²) in [4.78, 5) is 15.8. The van der Waals surface area contributed by atoms with E-state index in [2.05, 4.69) is 16.3 Å². The summed E-state index contributed by atoms with van der Waals surface area (Å²) in [5.74, 6) is -0.261. The van der Waals surface area contributed by atoms with Gasteiger partial charge in [0.05, 0.1) is 7.11 Å². The van der Waals surface area contributed by atoms with Crippen molar-refractivity contribution in [3.63, 3.8) is 0 Å². The molecule has 21 heavy (non-hydrogen) atoms. The SMILES string of the molecule is COC(=O)[C@H](c1ccccc1Cl)N1CCc2ccsc2C1. The smallest absolute Gasteiger partial charge is 0.327 e. The lowest BCUT2D eigenvalue weighted by Gasteiger charge is -2.33. The van der Waals surface area contributed by atoms with Crippen molar-refractivity contribution in [1.82, 2.24) is 4.90 Å². The molecule has 2 aromatic rings. The van der Waals surface area contributed by atoms with Crippen LogP contribution in [0, 0.1) is 0 Å². The van der Waals surface area contributed by atoms with Gasteiger partial charge in [-0.2, -0.15) is 0 Å². The molecule has 1 aromatic heterocycles. The minimum atomic E-state index is -0.445. The molecule has 0 fully saturated rings. The summed E-state index contributed by atoms with van der Waals surface area (Å²) in [6.45, 7) is 1.59. The highest BCUT2D eigenvalue weighted by atomic mass is 35.5. The van der Waals surface area contributed by atoms with Crippen LogP contribution in [-0.2, 0) is 22.5 Å². The van der Waals surface area contributed by atoms with Crippen LogP contribution in [0.3, 0.4) is 0 Å². The third-order valence-corrected chi connectivity index (χ3v) is 5.13. The molecule has 5 heteroatoms. The predicted molar refractivity (Wildman–Crippen MR) is 84.6 cm³/mol. The van der Waals surface area contributed by atoms with Crippen LogP contribution < -0.4 is 0 Å². The van der Waals surface area contributed by atoms with Crippen LogP contribution >= 0.6 is 22.9 Å². The van der Waals surface area contributed by atoms with Crippen molar-refractivity contribution in [2.24, 2.45) is 0 Å². The van der Waals surface area contributed by atoms with Crippen LogP contribution in [0.5, 0.6) is 0 Å². The number of nitrogens with zero attached hydrogens (tertiary/aromatic N) is 1. The first-order valence-corrected chi connectivity index (χ1v) is 8.08. The zero-order valence-corrected chi connectivity index (χ0v) is 13.3. The topological polar surface area (TPSA) is 29.5 Å². The van der Waals surface area contributed by atoms with Crippen molar-refractivity contribution in [2.45, 2.75) is 19.0 Å². The molecule has 0 saturated carbocycles. The fourth-order valence-electron chi connectivity index (χ4n) is 2.76. The third kappa shape index (κ3) is 2.84. The lowest BCUT2D eigenvalue weighted by molar-refractivity contribution is -0.147.